The number of carbonyl (C=O) groups is 1. The molecule has 0 saturated carbocycles. The largest absolute Gasteiger partial charge is 0.497 e. The van der Waals surface area contributed by atoms with E-state index in [-0.39, 0.29) is 37.2 Å². The van der Waals surface area contributed by atoms with Gasteiger partial charge in [0.05, 0.1) is 54.7 Å². The molecule has 0 N–H and O–H groups in total. The molecule has 5 rings (SSSR count). The number of ether oxygens (including phenoxy) is 2. The molecule has 2 atom stereocenters. The number of halogens is 6. The van der Waals surface area contributed by atoms with E-state index in [9.17, 15) is 31.1 Å². The van der Waals surface area contributed by atoms with Crippen LogP contribution in [0, 0.1) is 5.92 Å². The maximum absolute atomic E-state index is 13.9. The fourth-order valence-corrected chi connectivity index (χ4v) is 6.44. The van der Waals surface area contributed by atoms with Crippen molar-refractivity contribution in [1.29, 1.82) is 0 Å². The molecule has 14 heteroatoms. The molecule has 0 aliphatic carbocycles. The number of aromatic nitrogens is 2. The van der Waals surface area contributed by atoms with Crippen molar-refractivity contribution >= 4 is 23.4 Å². The maximum Gasteiger partial charge on any atom is 0.416 e. The number of piperidine rings is 1. The lowest BCUT2D eigenvalue weighted by Crippen LogP contribution is -2.48. The SMILES string of the molecule is CCOC(=O)N1c2ccc(OC)cc2[C@@H](N(Cc2cc(C(F)(F)F)cc(C(F)(F)F)c2)c2ncc(N3CCC(C)CC3)cn2)C[C@H]1CC. The zero-order chi connectivity index (χ0) is 34.8. The Kier molecular flexibility index (Phi) is 10.3. The van der Waals surface area contributed by atoms with Crippen LogP contribution in [0.5, 0.6) is 5.75 Å². The van der Waals surface area contributed by atoms with Crippen molar-refractivity contribution in [3.8, 4) is 5.75 Å². The van der Waals surface area contributed by atoms with Crippen LogP contribution in [0.2, 0.25) is 0 Å². The third-order valence-electron chi connectivity index (χ3n) is 9.06. The maximum atomic E-state index is 13.9. The highest BCUT2D eigenvalue weighted by molar-refractivity contribution is 5.90. The highest BCUT2D eigenvalue weighted by Gasteiger charge is 2.41. The number of amides is 1. The van der Waals surface area contributed by atoms with Crippen LogP contribution in [-0.2, 0) is 23.6 Å². The Morgan fingerprint density at radius 3 is 2.12 bits per heavy atom. The number of benzene rings is 2. The molecule has 1 aromatic heterocycles. The van der Waals surface area contributed by atoms with Gasteiger partial charge in [0.15, 0.2) is 0 Å². The van der Waals surface area contributed by atoms with E-state index in [2.05, 4.69) is 21.8 Å². The Bertz CT molecular complexity index is 1540. The van der Waals surface area contributed by atoms with Crippen LogP contribution in [0.4, 0.5) is 48.5 Å². The molecule has 0 spiro atoms. The predicted molar refractivity (Wildman–Crippen MR) is 169 cm³/mol. The molecule has 48 heavy (non-hydrogen) atoms. The first-order valence-corrected chi connectivity index (χ1v) is 16.0. The van der Waals surface area contributed by atoms with Gasteiger partial charge in [0, 0.05) is 31.2 Å². The summed E-state index contributed by atoms with van der Waals surface area (Å²) in [6, 6.07) is 5.57. The number of hydrogen-bond donors (Lipinski definition) is 0. The van der Waals surface area contributed by atoms with Gasteiger partial charge in [-0.1, -0.05) is 13.8 Å². The van der Waals surface area contributed by atoms with E-state index in [1.165, 1.54) is 7.11 Å². The summed E-state index contributed by atoms with van der Waals surface area (Å²) in [6.07, 6.45) is -4.56. The van der Waals surface area contributed by atoms with Gasteiger partial charge >= 0.3 is 18.4 Å². The molecule has 8 nitrogen and oxygen atoms in total. The second-order valence-corrected chi connectivity index (χ2v) is 12.3. The van der Waals surface area contributed by atoms with Crippen molar-refractivity contribution in [2.75, 3.05) is 41.5 Å². The Labute approximate surface area is 275 Å². The molecule has 0 radical (unpaired) electrons. The minimum absolute atomic E-state index is 0.115. The van der Waals surface area contributed by atoms with Crippen molar-refractivity contribution in [1.82, 2.24) is 9.97 Å². The van der Waals surface area contributed by atoms with E-state index >= 15 is 0 Å². The topological polar surface area (TPSA) is 71.0 Å². The molecule has 260 valence electrons. The molecule has 1 saturated heterocycles. The lowest BCUT2D eigenvalue weighted by atomic mass is 9.88. The van der Waals surface area contributed by atoms with Gasteiger partial charge in [-0.15, -0.1) is 0 Å². The fourth-order valence-electron chi connectivity index (χ4n) is 6.44. The number of rotatable bonds is 8. The third kappa shape index (κ3) is 7.57. The van der Waals surface area contributed by atoms with Gasteiger partial charge < -0.3 is 19.3 Å². The van der Waals surface area contributed by atoms with Crippen LogP contribution in [0.25, 0.3) is 0 Å². The summed E-state index contributed by atoms with van der Waals surface area (Å²) in [5.74, 6) is 1.16. The van der Waals surface area contributed by atoms with E-state index in [0.29, 0.717) is 29.3 Å². The smallest absolute Gasteiger partial charge is 0.416 e. The summed E-state index contributed by atoms with van der Waals surface area (Å²) in [7, 11) is 1.47. The molecular formula is C34H39F6N5O3. The molecule has 1 amide bonds. The molecule has 1 fully saturated rings. The van der Waals surface area contributed by atoms with Crippen LogP contribution in [0.15, 0.2) is 48.8 Å². The van der Waals surface area contributed by atoms with Crippen LogP contribution in [-0.4, -0.2) is 48.9 Å². The monoisotopic (exact) mass is 679 g/mol. The van der Waals surface area contributed by atoms with Crippen molar-refractivity contribution in [2.45, 2.75) is 77.4 Å². The first-order chi connectivity index (χ1) is 22.7. The van der Waals surface area contributed by atoms with E-state index in [0.717, 1.165) is 43.8 Å². The molecule has 2 aliphatic rings. The van der Waals surface area contributed by atoms with Crippen LogP contribution < -0.4 is 19.4 Å². The number of fused-ring (bicyclic) bond motifs is 1. The summed E-state index contributed by atoms with van der Waals surface area (Å²) in [5, 5.41) is 0. The lowest BCUT2D eigenvalue weighted by molar-refractivity contribution is -0.143. The molecule has 2 aromatic carbocycles. The van der Waals surface area contributed by atoms with E-state index in [1.807, 2.05) is 6.92 Å². The minimum atomic E-state index is -5.01. The molecule has 0 bridgehead atoms. The molecule has 3 aromatic rings. The van der Waals surface area contributed by atoms with Gasteiger partial charge in [-0.05, 0) is 80.5 Å². The lowest BCUT2D eigenvalue weighted by Gasteiger charge is -2.44. The number of hydrogen-bond acceptors (Lipinski definition) is 7. The standard InChI is InChI=1S/C34H39F6N5O3/c1-5-25-16-30(28-17-27(47-4)7-8-29(28)45(25)32(46)48-6-2)44(31-41-18-26(19-42-31)43-11-9-21(3)10-12-43)20-22-13-23(33(35,36)37)15-24(14-22)34(38,39)40/h7-8,13-15,17-19,21,25,30H,5-6,9-12,16,20H2,1-4H3/t25-,30+/m1/s1. The second-order valence-electron chi connectivity index (χ2n) is 12.3. The van der Waals surface area contributed by atoms with Crippen molar-refractivity contribution in [3.63, 3.8) is 0 Å². The van der Waals surface area contributed by atoms with Crippen molar-refractivity contribution < 1.29 is 40.6 Å². The number of nitrogens with zero attached hydrogens (tertiary/aromatic N) is 5. The molecule has 2 aliphatic heterocycles. The highest BCUT2D eigenvalue weighted by Crippen LogP contribution is 2.45. The highest BCUT2D eigenvalue weighted by atomic mass is 19.4. The zero-order valence-corrected chi connectivity index (χ0v) is 27.2. The molecule has 3 heterocycles. The van der Waals surface area contributed by atoms with Crippen LogP contribution >= 0.6 is 0 Å². The van der Waals surface area contributed by atoms with Crippen LogP contribution in [0.1, 0.15) is 74.8 Å². The minimum Gasteiger partial charge on any atom is -0.497 e. The molecular weight excluding hydrogens is 640 g/mol. The van der Waals surface area contributed by atoms with E-state index in [4.69, 9.17) is 9.47 Å². The van der Waals surface area contributed by atoms with Gasteiger partial charge in [0.1, 0.15) is 5.75 Å². The first kappa shape index (κ1) is 35.1. The van der Waals surface area contributed by atoms with Gasteiger partial charge in [-0.3, -0.25) is 4.90 Å². The van der Waals surface area contributed by atoms with Gasteiger partial charge in [0.2, 0.25) is 5.95 Å². The van der Waals surface area contributed by atoms with E-state index < -0.39 is 41.7 Å². The summed E-state index contributed by atoms with van der Waals surface area (Å²) >= 11 is 0. The number of carbonyl (C=O) groups excluding carboxylic acids is 1. The third-order valence-corrected chi connectivity index (χ3v) is 9.06. The normalized spacial score (nSPS) is 18.8. The predicted octanol–water partition coefficient (Wildman–Crippen LogP) is 8.65. The average Bonchev–Trinajstić information content (AvgIpc) is 3.06. The summed E-state index contributed by atoms with van der Waals surface area (Å²) in [4.78, 5) is 27.8. The number of methoxy groups -OCH3 is 1. The Hall–Kier alpha value is -4.23. The fraction of sp³-hybridized carbons (Fsp3) is 0.500. The Morgan fingerprint density at radius 2 is 1.58 bits per heavy atom. The molecule has 0 unspecified atom stereocenters. The first-order valence-electron chi connectivity index (χ1n) is 16.0. The number of alkyl halides is 6. The average molecular weight is 680 g/mol. The summed E-state index contributed by atoms with van der Waals surface area (Å²) < 4.78 is 94.1. The number of anilines is 3. The van der Waals surface area contributed by atoms with Gasteiger partial charge in [-0.2, -0.15) is 26.3 Å². The Balaban J connectivity index is 1.65. The van der Waals surface area contributed by atoms with Crippen molar-refractivity contribution in [3.05, 3.63) is 71.0 Å². The van der Waals surface area contributed by atoms with Gasteiger partial charge in [-0.25, -0.2) is 14.8 Å². The summed E-state index contributed by atoms with van der Waals surface area (Å²) in [5.41, 5.74) is -1.22. The van der Waals surface area contributed by atoms with Crippen molar-refractivity contribution in [2.24, 2.45) is 5.92 Å². The van der Waals surface area contributed by atoms with E-state index in [1.54, 1.807) is 47.3 Å². The van der Waals surface area contributed by atoms with Crippen LogP contribution in [0.3, 0.4) is 0 Å². The van der Waals surface area contributed by atoms with Gasteiger partial charge in [0.25, 0.3) is 0 Å². The summed E-state index contributed by atoms with van der Waals surface area (Å²) in [6.45, 7) is 7.16. The quantitative estimate of drug-likeness (QED) is 0.221. The second kappa shape index (κ2) is 14.1. The zero-order valence-electron chi connectivity index (χ0n) is 27.2. The Morgan fingerprint density at radius 1 is 0.958 bits per heavy atom.